The Morgan fingerprint density at radius 2 is 1.94 bits per heavy atom. The summed E-state index contributed by atoms with van der Waals surface area (Å²) in [5.74, 6) is 1.71. The molecule has 89 valence electrons. The summed E-state index contributed by atoms with van der Waals surface area (Å²) in [6.45, 7) is 2.18. The van der Waals surface area contributed by atoms with E-state index in [0.29, 0.717) is 0 Å². The lowest BCUT2D eigenvalue weighted by Crippen LogP contribution is -2.02. The molecule has 0 heterocycles. The second-order valence-corrected chi connectivity index (χ2v) is 3.55. The molecule has 1 aromatic rings. The van der Waals surface area contributed by atoms with Crippen molar-refractivity contribution >= 4 is 0 Å². The van der Waals surface area contributed by atoms with Gasteiger partial charge < -0.3 is 14.6 Å². The zero-order valence-electron chi connectivity index (χ0n) is 10.1. The molecule has 0 spiro atoms. The Morgan fingerprint density at radius 3 is 2.44 bits per heavy atom. The lowest BCUT2D eigenvalue weighted by molar-refractivity contribution is 0.317. The summed E-state index contributed by atoms with van der Waals surface area (Å²) >= 11 is 0. The van der Waals surface area contributed by atoms with E-state index in [1.807, 2.05) is 24.6 Å². The number of hydrogen-bond donors (Lipinski definition) is 1. The van der Waals surface area contributed by atoms with Gasteiger partial charge in [0.15, 0.2) is 11.5 Å². The second-order valence-electron chi connectivity index (χ2n) is 3.55. The Morgan fingerprint density at radius 1 is 1.25 bits per heavy atom. The number of aliphatic hydroxyl groups is 1. The monoisotopic (exact) mass is 223 g/mol. The summed E-state index contributed by atoms with van der Waals surface area (Å²) in [5.41, 5.74) is 1.13. The molecule has 0 bridgehead atoms. The van der Waals surface area contributed by atoms with Crippen molar-refractivity contribution in [3.63, 3.8) is 0 Å². The lowest BCUT2D eigenvalue weighted by atomic mass is 9.93. The molecule has 1 atom stereocenters. The molecule has 0 amide bonds. The maximum Gasteiger partial charge on any atom is 0.160 e. The molecule has 0 aliphatic rings. The number of rotatable bonds is 6. The molecule has 0 saturated heterocycles. The van der Waals surface area contributed by atoms with Gasteiger partial charge in [-0.3, -0.25) is 0 Å². The predicted molar refractivity (Wildman–Crippen MR) is 64.0 cm³/mol. The quantitative estimate of drug-likeness (QED) is 0.804. The van der Waals surface area contributed by atoms with Gasteiger partial charge >= 0.3 is 0 Å². The molecular formula is C13H19O3. The fourth-order valence-electron chi connectivity index (χ4n) is 1.75. The summed E-state index contributed by atoms with van der Waals surface area (Å²) in [5, 5.41) is 8.94. The third-order valence-corrected chi connectivity index (χ3v) is 2.67. The van der Waals surface area contributed by atoms with Gasteiger partial charge in [-0.25, -0.2) is 0 Å². The Labute approximate surface area is 97.0 Å². The average molecular weight is 223 g/mol. The van der Waals surface area contributed by atoms with Crippen LogP contribution in [0.15, 0.2) is 18.2 Å². The Hall–Kier alpha value is -1.22. The van der Waals surface area contributed by atoms with Crippen molar-refractivity contribution in [3.8, 4) is 11.5 Å². The van der Waals surface area contributed by atoms with Gasteiger partial charge in [0.2, 0.25) is 0 Å². The van der Waals surface area contributed by atoms with E-state index in [0.717, 1.165) is 23.5 Å². The number of benzene rings is 1. The molecule has 3 nitrogen and oxygen atoms in total. The molecule has 1 unspecified atom stereocenters. The van der Waals surface area contributed by atoms with E-state index in [4.69, 9.17) is 14.6 Å². The highest BCUT2D eigenvalue weighted by Gasteiger charge is 2.12. The molecule has 0 aromatic heterocycles. The molecule has 0 fully saturated rings. The fourth-order valence-corrected chi connectivity index (χ4v) is 1.75. The van der Waals surface area contributed by atoms with Crippen LogP contribution in [-0.4, -0.2) is 25.9 Å². The summed E-state index contributed by atoms with van der Waals surface area (Å²) in [4.78, 5) is 0. The van der Waals surface area contributed by atoms with E-state index in [-0.39, 0.29) is 12.5 Å². The van der Waals surface area contributed by atoms with Crippen molar-refractivity contribution in [2.75, 3.05) is 20.8 Å². The first-order chi connectivity index (χ1) is 7.76. The molecule has 0 saturated carbocycles. The molecule has 16 heavy (non-hydrogen) atoms. The first-order valence-corrected chi connectivity index (χ1v) is 5.42. The van der Waals surface area contributed by atoms with Crippen molar-refractivity contribution < 1.29 is 14.6 Å². The molecular weight excluding hydrogens is 204 g/mol. The van der Waals surface area contributed by atoms with Gasteiger partial charge in [0.25, 0.3) is 0 Å². The minimum Gasteiger partial charge on any atom is -0.493 e. The summed E-state index contributed by atoms with van der Waals surface area (Å²) in [6.07, 6.45) is 2.84. The Bertz CT molecular complexity index is 323. The molecule has 1 N–H and O–H groups in total. The average Bonchev–Trinajstić information content (AvgIpc) is 2.35. The zero-order valence-corrected chi connectivity index (χ0v) is 10.1. The van der Waals surface area contributed by atoms with Crippen molar-refractivity contribution in [1.82, 2.24) is 0 Å². The normalized spacial score (nSPS) is 12.2. The van der Waals surface area contributed by atoms with E-state index in [1.165, 1.54) is 0 Å². The van der Waals surface area contributed by atoms with Gasteiger partial charge in [0.05, 0.1) is 14.2 Å². The van der Waals surface area contributed by atoms with E-state index < -0.39 is 0 Å². The highest BCUT2D eigenvalue weighted by Crippen LogP contribution is 2.32. The van der Waals surface area contributed by atoms with Crippen LogP contribution in [0.5, 0.6) is 11.5 Å². The summed E-state index contributed by atoms with van der Waals surface area (Å²) in [7, 11) is 3.24. The van der Waals surface area contributed by atoms with Crippen LogP contribution in [0.4, 0.5) is 0 Å². The highest BCUT2D eigenvalue weighted by atomic mass is 16.5. The molecule has 1 radical (unpaired) electrons. The van der Waals surface area contributed by atoms with Crippen LogP contribution in [0.1, 0.15) is 24.8 Å². The molecule has 1 rings (SSSR count). The smallest absolute Gasteiger partial charge is 0.160 e. The SMILES string of the molecule is CCC([CH]CO)c1ccc(OC)c(OC)c1. The van der Waals surface area contributed by atoms with Crippen LogP contribution in [0.3, 0.4) is 0 Å². The minimum absolute atomic E-state index is 0.0901. The van der Waals surface area contributed by atoms with Crippen LogP contribution < -0.4 is 9.47 Å². The van der Waals surface area contributed by atoms with Crippen LogP contribution >= 0.6 is 0 Å². The van der Waals surface area contributed by atoms with Gasteiger partial charge in [-0.2, -0.15) is 0 Å². The predicted octanol–water partition coefficient (Wildman–Crippen LogP) is 2.39. The standard InChI is InChI=1S/C13H19O3/c1-4-10(7-8-14)11-5-6-12(15-2)13(9-11)16-3/h5-7,9-10,14H,4,8H2,1-3H3. The molecule has 0 aliphatic carbocycles. The topological polar surface area (TPSA) is 38.7 Å². The van der Waals surface area contributed by atoms with Crippen molar-refractivity contribution in [1.29, 1.82) is 0 Å². The van der Waals surface area contributed by atoms with Crippen LogP contribution in [-0.2, 0) is 0 Å². The highest BCUT2D eigenvalue weighted by molar-refractivity contribution is 5.44. The number of aliphatic hydroxyl groups excluding tert-OH is 1. The van der Waals surface area contributed by atoms with Gasteiger partial charge in [0, 0.05) is 6.61 Å². The molecule has 1 aromatic carbocycles. The van der Waals surface area contributed by atoms with Crippen LogP contribution in [0.2, 0.25) is 0 Å². The second kappa shape index (κ2) is 6.38. The van der Waals surface area contributed by atoms with Crippen molar-refractivity contribution in [2.24, 2.45) is 0 Å². The Balaban J connectivity index is 2.96. The Kier molecular flexibility index (Phi) is 5.12. The summed E-state index contributed by atoms with van der Waals surface area (Å²) in [6, 6.07) is 5.85. The van der Waals surface area contributed by atoms with Gasteiger partial charge in [-0.15, -0.1) is 0 Å². The third kappa shape index (κ3) is 2.89. The fraction of sp³-hybridized carbons (Fsp3) is 0.462. The van der Waals surface area contributed by atoms with Crippen LogP contribution in [0.25, 0.3) is 0 Å². The number of methoxy groups -OCH3 is 2. The third-order valence-electron chi connectivity index (χ3n) is 2.67. The largest absolute Gasteiger partial charge is 0.493 e. The maximum absolute atomic E-state index is 8.94. The van der Waals surface area contributed by atoms with Crippen molar-refractivity contribution in [2.45, 2.75) is 19.3 Å². The van der Waals surface area contributed by atoms with E-state index in [9.17, 15) is 0 Å². The molecule has 3 heteroatoms. The lowest BCUT2D eigenvalue weighted by Gasteiger charge is -2.16. The number of hydrogen-bond acceptors (Lipinski definition) is 3. The zero-order chi connectivity index (χ0) is 12.0. The first-order valence-electron chi connectivity index (χ1n) is 5.42. The maximum atomic E-state index is 8.94. The van der Waals surface area contributed by atoms with Gasteiger partial charge in [0.1, 0.15) is 0 Å². The van der Waals surface area contributed by atoms with E-state index >= 15 is 0 Å². The first kappa shape index (κ1) is 12.8. The van der Waals surface area contributed by atoms with E-state index in [2.05, 4.69) is 6.92 Å². The van der Waals surface area contributed by atoms with Crippen molar-refractivity contribution in [3.05, 3.63) is 30.2 Å². The molecule has 0 aliphatic heterocycles. The summed E-state index contributed by atoms with van der Waals surface area (Å²) < 4.78 is 10.4. The van der Waals surface area contributed by atoms with Crippen LogP contribution in [0, 0.1) is 6.42 Å². The van der Waals surface area contributed by atoms with Gasteiger partial charge in [-0.1, -0.05) is 13.0 Å². The van der Waals surface area contributed by atoms with E-state index in [1.54, 1.807) is 14.2 Å². The number of ether oxygens (including phenoxy) is 2. The van der Waals surface area contributed by atoms with Gasteiger partial charge in [-0.05, 0) is 36.5 Å². The minimum atomic E-state index is 0.0901.